The van der Waals surface area contributed by atoms with Gasteiger partial charge in [0, 0.05) is 11.6 Å². The summed E-state index contributed by atoms with van der Waals surface area (Å²) in [5.41, 5.74) is 1.50. The average molecular weight is 463 g/mol. The Hall–Kier alpha value is -3.67. The van der Waals surface area contributed by atoms with Crippen LogP contribution in [0.5, 0.6) is 23.0 Å². The molecule has 6 heteroatoms. The molecule has 4 rings (SSSR count). The predicted molar refractivity (Wildman–Crippen MR) is 136 cm³/mol. The van der Waals surface area contributed by atoms with Crippen LogP contribution in [0.2, 0.25) is 0 Å². The normalized spacial score (nSPS) is 14.2. The highest BCUT2D eigenvalue weighted by Gasteiger charge is 2.29. The van der Waals surface area contributed by atoms with Crippen LogP contribution >= 0.6 is 0 Å². The molecule has 0 aliphatic carbocycles. The summed E-state index contributed by atoms with van der Waals surface area (Å²) in [5.74, 6) is 0.315. The number of phenols is 2. The first-order valence-corrected chi connectivity index (χ1v) is 11.3. The first-order chi connectivity index (χ1) is 15.9. The lowest BCUT2D eigenvalue weighted by atomic mass is 9.95. The summed E-state index contributed by atoms with van der Waals surface area (Å²) in [7, 11) is 0. The summed E-state index contributed by atoms with van der Waals surface area (Å²) < 4.78 is 18.1. The fourth-order valence-electron chi connectivity index (χ4n) is 4.18. The molecule has 1 aliphatic rings. The Morgan fingerprint density at radius 3 is 2.53 bits per heavy atom. The molecule has 1 aliphatic heterocycles. The summed E-state index contributed by atoms with van der Waals surface area (Å²) in [5, 5.41) is 22.4. The first-order valence-electron chi connectivity index (χ1n) is 11.3. The van der Waals surface area contributed by atoms with Gasteiger partial charge >= 0.3 is 0 Å². The van der Waals surface area contributed by atoms with E-state index in [1.807, 2.05) is 53.7 Å². The minimum atomic E-state index is -0.580. The maximum atomic E-state index is 13.9. The molecule has 0 unspecified atom stereocenters. The Bertz CT molecular complexity index is 1450. The first kappa shape index (κ1) is 23.5. The van der Waals surface area contributed by atoms with Crippen LogP contribution in [0.3, 0.4) is 0 Å². The summed E-state index contributed by atoms with van der Waals surface area (Å²) in [6.07, 6.45) is 7.19. The molecule has 0 atom stereocenters. The number of aromatic hydroxyl groups is 2. The van der Waals surface area contributed by atoms with E-state index in [0.29, 0.717) is 34.6 Å². The molecule has 2 N–H and O–H groups in total. The third-order valence-electron chi connectivity index (χ3n) is 5.75. The second-order valence-corrected chi connectivity index (χ2v) is 9.61. The third kappa shape index (κ3) is 3.83. The molecule has 0 bridgehead atoms. The van der Waals surface area contributed by atoms with Gasteiger partial charge in [-0.1, -0.05) is 24.3 Å². The lowest BCUT2D eigenvalue weighted by Gasteiger charge is -2.28. The van der Waals surface area contributed by atoms with E-state index in [-0.39, 0.29) is 39.5 Å². The number of hydrogen-bond donors (Lipinski definition) is 2. The third-order valence-corrected chi connectivity index (χ3v) is 5.75. The molecule has 34 heavy (non-hydrogen) atoms. The van der Waals surface area contributed by atoms with Gasteiger partial charge in [0.2, 0.25) is 5.43 Å². The lowest BCUT2D eigenvalue weighted by molar-refractivity contribution is 0.158. The molecule has 2 heterocycles. The van der Waals surface area contributed by atoms with Crippen molar-refractivity contribution in [3.05, 3.63) is 57.3 Å². The van der Waals surface area contributed by atoms with Crippen LogP contribution in [-0.4, -0.2) is 21.9 Å². The number of ether oxygens (including phenoxy) is 2. The molecular weight excluding hydrogens is 432 g/mol. The number of hydrogen-bond acceptors (Lipinski definition) is 6. The van der Waals surface area contributed by atoms with Crippen molar-refractivity contribution in [2.45, 2.75) is 59.7 Å². The highest BCUT2D eigenvalue weighted by Crippen LogP contribution is 2.45. The Morgan fingerprint density at radius 1 is 1.21 bits per heavy atom. The van der Waals surface area contributed by atoms with Crippen molar-refractivity contribution >= 4 is 34.1 Å². The Morgan fingerprint density at radius 2 is 1.91 bits per heavy atom. The molecule has 6 nitrogen and oxygen atoms in total. The highest BCUT2D eigenvalue weighted by atomic mass is 16.5. The van der Waals surface area contributed by atoms with Crippen molar-refractivity contribution in [2.75, 3.05) is 0 Å². The Labute approximate surface area is 198 Å². The van der Waals surface area contributed by atoms with Gasteiger partial charge in [0.1, 0.15) is 33.8 Å². The summed E-state index contributed by atoms with van der Waals surface area (Å²) in [6.45, 7) is 15.3. The van der Waals surface area contributed by atoms with Crippen LogP contribution < -0.4 is 14.9 Å². The number of phenolic OH excluding ortho intramolecular Hbond substituents is 2. The van der Waals surface area contributed by atoms with Gasteiger partial charge in [-0.2, -0.15) is 0 Å². The second kappa shape index (κ2) is 8.28. The average Bonchev–Trinajstić information content (AvgIpc) is 2.72. The Kier molecular flexibility index (Phi) is 5.72. The lowest BCUT2D eigenvalue weighted by Crippen LogP contribution is -2.27. The molecular formula is C28H30O6. The molecule has 0 spiro atoms. The van der Waals surface area contributed by atoms with Crippen molar-refractivity contribution in [3.8, 4) is 23.0 Å². The topological polar surface area (TPSA) is 89.1 Å². The zero-order chi connectivity index (χ0) is 24.9. The smallest absolute Gasteiger partial charge is 0.204 e. The predicted octanol–water partition coefficient (Wildman–Crippen LogP) is 6.48. The minimum absolute atomic E-state index is 0.0191. The van der Waals surface area contributed by atoms with Crippen LogP contribution in [0.25, 0.3) is 34.1 Å². The molecule has 0 amide bonds. The maximum absolute atomic E-state index is 13.9. The molecule has 1 aromatic heterocycles. The molecule has 178 valence electrons. The zero-order valence-electron chi connectivity index (χ0n) is 20.4. The van der Waals surface area contributed by atoms with Crippen LogP contribution in [-0.2, 0) is 6.42 Å². The van der Waals surface area contributed by atoms with Gasteiger partial charge in [0.05, 0.1) is 22.6 Å². The molecule has 0 saturated heterocycles. The fraction of sp³-hybridized carbons (Fsp3) is 0.321. The van der Waals surface area contributed by atoms with E-state index < -0.39 is 11.0 Å². The standard InChI is InChI=1S/C28H30O6/c1-8-16-24(30)27-21(18(10-9-14(2)3)26(16)32-15(4)5)25(31)22-20(33-27)13-19-17(23(22)29)11-12-28(6,7)34-19/h8-9,11-13,15,29-30H,1,10H2,2-7H3. The maximum Gasteiger partial charge on any atom is 0.204 e. The van der Waals surface area contributed by atoms with Gasteiger partial charge in [-0.15, -0.1) is 0 Å². The van der Waals surface area contributed by atoms with Crippen LogP contribution in [0, 0.1) is 0 Å². The van der Waals surface area contributed by atoms with Gasteiger partial charge in [0.15, 0.2) is 11.3 Å². The van der Waals surface area contributed by atoms with Crippen LogP contribution in [0.4, 0.5) is 0 Å². The van der Waals surface area contributed by atoms with Gasteiger partial charge in [-0.3, -0.25) is 4.79 Å². The zero-order valence-corrected chi connectivity index (χ0v) is 20.4. The fourth-order valence-corrected chi connectivity index (χ4v) is 4.18. The number of rotatable bonds is 5. The largest absolute Gasteiger partial charge is 0.506 e. The van der Waals surface area contributed by atoms with Crippen LogP contribution in [0.1, 0.15) is 58.2 Å². The van der Waals surface area contributed by atoms with E-state index in [1.54, 1.807) is 12.1 Å². The Balaban J connectivity index is 2.19. The van der Waals surface area contributed by atoms with Gasteiger partial charge < -0.3 is 24.1 Å². The monoisotopic (exact) mass is 462 g/mol. The quantitative estimate of drug-likeness (QED) is 0.333. The SMILES string of the molecule is C=Cc1c(OC(C)C)c(CC=C(C)C)c2c(=O)c3c(O)c4c(cc3oc2c1O)OC(C)(C)C=C4. The van der Waals surface area contributed by atoms with Crippen molar-refractivity contribution < 1.29 is 24.1 Å². The van der Waals surface area contributed by atoms with E-state index in [4.69, 9.17) is 13.9 Å². The summed E-state index contributed by atoms with van der Waals surface area (Å²) in [6, 6.07) is 1.58. The van der Waals surface area contributed by atoms with E-state index >= 15 is 0 Å². The van der Waals surface area contributed by atoms with Gasteiger partial charge in [-0.05, 0) is 60.1 Å². The number of fused-ring (bicyclic) bond motifs is 3. The van der Waals surface area contributed by atoms with Crippen molar-refractivity contribution in [1.29, 1.82) is 0 Å². The molecule has 2 aromatic carbocycles. The van der Waals surface area contributed by atoms with Crippen molar-refractivity contribution in [2.24, 2.45) is 0 Å². The number of allylic oxidation sites excluding steroid dienone is 2. The second-order valence-electron chi connectivity index (χ2n) is 9.61. The van der Waals surface area contributed by atoms with Crippen molar-refractivity contribution in [3.63, 3.8) is 0 Å². The van der Waals surface area contributed by atoms with E-state index in [0.717, 1.165) is 5.57 Å². The minimum Gasteiger partial charge on any atom is -0.506 e. The van der Waals surface area contributed by atoms with Gasteiger partial charge in [-0.25, -0.2) is 0 Å². The number of benzene rings is 2. The highest BCUT2D eigenvalue weighted by molar-refractivity contribution is 6.02. The molecule has 3 aromatic rings. The molecule has 0 saturated carbocycles. The van der Waals surface area contributed by atoms with Gasteiger partial charge in [0.25, 0.3) is 0 Å². The van der Waals surface area contributed by atoms with E-state index in [9.17, 15) is 15.0 Å². The van der Waals surface area contributed by atoms with E-state index in [2.05, 4.69) is 6.58 Å². The molecule has 0 fully saturated rings. The van der Waals surface area contributed by atoms with Crippen molar-refractivity contribution in [1.82, 2.24) is 0 Å². The van der Waals surface area contributed by atoms with E-state index in [1.165, 1.54) is 6.08 Å². The summed E-state index contributed by atoms with van der Waals surface area (Å²) in [4.78, 5) is 13.9. The van der Waals surface area contributed by atoms with Crippen LogP contribution in [0.15, 0.2) is 39.6 Å². The summed E-state index contributed by atoms with van der Waals surface area (Å²) >= 11 is 0. The molecule has 0 radical (unpaired) electrons.